The van der Waals surface area contributed by atoms with Gasteiger partial charge in [-0.15, -0.1) is 10.2 Å². The number of aromatic nitrogens is 2. The molecule has 1 heterocycles. The highest BCUT2D eigenvalue weighted by molar-refractivity contribution is 5.89. The largest absolute Gasteiger partial charge is 0.496 e. The number of nitrogens with zero attached hydrogens (tertiary/aromatic N) is 2. The van der Waals surface area contributed by atoms with Crippen molar-refractivity contribution in [1.82, 2.24) is 15.5 Å². The van der Waals surface area contributed by atoms with E-state index in [9.17, 15) is 9.18 Å². The molecule has 1 N–H and O–H groups in total. The van der Waals surface area contributed by atoms with Crippen molar-refractivity contribution >= 4 is 5.91 Å². The molecule has 3 aromatic rings. The Hall–Kier alpha value is -3.22. The van der Waals surface area contributed by atoms with Gasteiger partial charge in [0.05, 0.1) is 12.7 Å². The van der Waals surface area contributed by atoms with Crippen molar-refractivity contribution in [3.8, 4) is 17.2 Å². The summed E-state index contributed by atoms with van der Waals surface area (Å²) >= 11 is 0. The molecule has 0 radical (unpaired) electrons. The zero-order valence-electron chi connectivity index (χ0n) is 12.8. The fourth-order valence-corrected chi connectivity index (χ4v) is 2.16. The normalized spacial score (nSPS) is 10.4. The zero-order valence-corrected chi connectivity index (χ0v) is 12.8. The van der Waals surface area contributed by atoms with Crippen molar-refractivity contribution in [1.29, 1.82) is 0 Å². The van der Waals surface area contributed by atoms with Gasteiger partial charge >= 0.3 is 11.8 Å². The third-order valence-corrected chi connectivity index (χ3v) is 3.36. The van der Waals surface area contributed by atoms with E-state index >= 15 is 0 Å². The molecule has 24 heavy (non-hydrogen) atoms. The van der Waals surface area contributed by atoms with E-state index in [1.807, 2.05) is 18.2 Å². The summed E-state index contributed by atoms with van der Waals surface area (Å²) < 4.78 is 24.2. The van der Waals surface area contributed by atoms with Crippen LogP contribution in [0.2, 0.25) is 0 Å². The molecule has 2 aromatic carbocycles. The summed E-state index contributed by atoms with van der Waals surface area (Å²) in [5, 5.41) is 10.0. The van der Waals surface area contributed by atoms with Crippen LogP contribution in [0, 0.1) is 5.82 Å². The topological polar surface area (TPSA) is 77.2 Å². The van der Waals surface area contributed by atoms with Crippen LogP contribution in [0.25, 0.3) is 11.5 Å². The fraction of sp³-hybridized carbons (Fsp3) is 0.118. The molecule has 0 saturated heterocycles. The monoisotopic (exact) mass is 327 g/mol. The Kier molecular flexibility index (Phi) is 4.51. The molecule has 122 valence electrons. The van der Waals surface area contributed by atoms with E-state index in [4.69, 9.17) is 9.15 Å². The average Bonchev–Trinajstić information content (AvgIpc) is 3.10. The van der Waals surface area contributed by atoms with Gasteiger partial charge in [-0.05, 0) is 18.2 Å². The molecule has 0 unspecified atom stereocenters. The standard InChI is InChI=1S/C17H14FN3O3/c1-23-14-9-5-2-6-11(14)10-19-15(22)17-21-20-16(24-17)12-7-3-4-8-13(12)18/h2-9H,10H2,1H3,(H,19,22). The number of para-hydroxylation sites is 1. The lowest BCUT2D eigenvalue weighted by molar-refractivity contribution is 0.0916. The highest BCUT2D eigenvalue weighted by atomic mass is 19.1. The van der Waals surface area contributed by atoms with Crippen LogP contribution >= 0.6 is 0 Å². The SMILES string of the molecule is COc1ccccc1CNC(=O)c1nnc(-c2ccccc2F)o1. The molecule has 0 saturated carbocycles. The second kappa shape index (κ2) is 6.91. The van der Waals surface area contributed by atoms with E-state index < -0.39 is 11.7 Å². The van der Waals surface area contributed by atoms with Gasteiger partial charge in [-0.25, -0.2) is 4.39 Å². The summed E-state index contributed by atoms with van der Waals surface area (Å²) in [5.41, 5.74) is 0.955. The van der Waals surface area contributed by atoms with Crippen LogP contribution in [0.5, 0.6) is 5.75 Å². The zero-order chi connectivity index (χ0) is 16.9. The summed E-state index contributed by atoms with van der Waals surface area (Å²) in [6.07, 6.45) is 0. The first-order valence-electron chi connectivity index (χ1n) is 7.17. The number of rotatable bonds is 5. The van der Waals surface area contributed by atoms with Crippen molar-refractivity contribution in [2.75, 3.05) is 7.11 Å². The van der Waals surface area contributed by atoms with Gasteiger partial charge in [-0.3, -0.25) is 4.79 Å². The van der Waals surface area contributed by atoms with E-state index in [1.165, 1.54) is 12.1 Å². The summed E-state index contributed by atoms with van der Waals surface area (Å²) in [4.78, 5) is 12.1. The first kappa shape index (κ1) is 15.7. The van der Waals surface area contributed by atoms with Gasteiger partial charge < -0.3 is 14.5 Å². The van der Waals surface area contributed by atoms with Crippen LogP contribution in [-0.4, -0.2) is 23.2 Å². The maximum absolute atomic E-state index is 13.7. The van der Waals surface area contributed by atoms with Gasteiger partial charge in [-0.2, -0.15) is 0 Å². The number of benzene rings is 2. The van der Waals surface area contributed by atoms with Gasteiger partial charge in [0.2, 0.25) is 0 Å². The minimum absolute atomic E-state index is 0.0458. The number of carbonyl (C=O) groups is 1. The second-order valence-electron chi connectivity index (χ2n) is 4.89. The van der Waals surface area contributed by atoms with Gasteiger partial charge in [0.15, 0.2) is 0 Å². The number of carbonyl (C=O) groups excluding carboxylic acids is 1. The molecule has 0 atom stereocenters. The number of hydrogen-bond acceptors (Lipinski definition) is 5. The first-order valence-corrected chi connectivity index (χ1v) is 7.17. The van der Waals surface area contributed by atoms with Crippen LogP contribution in [0.1, 0.15) is 16.2 Å². The lowest BCUT2D eigenvalue weighted by Crippen LogP contribution is -2.23. The predicted octanol–water partition coefficient (Wildman–Crippen LogP) is 2.81. The summed E-state index contributed by atoms with van der Waals surface area (Å²) in [6.45, 7) is 0.236. The van der Waals surface area contributed by atoms with E-state index in [0.29, 0.717) is 5.75 Å². The summed E-state index contributed by atoms with van der Waals surface area (Å²) in [6, 6.07) is 13.3. The lowest BCUT2D eigenvalue weighted by Gasteiger charge is -2.08. The molecule has 0 aliphatic heterocycles. The quantitative estimate of drug-likeness (QED) is 0.780. The Morgan fingerprint density at radius 2 is 1.92 bits per heavy atom. The van der Waals surface area contributed by atoms with Gasteiger partial charge in [0.1, 0.15) is 11.6 Å². The maximum Gasteiger partial charge on any atom is 0.309 e. The Morgan fingerprint density at radius 3 is 2.71 bits per heavy atom. The number of methoxy groups -OCH3 is 1. The van der Waals surface area contributed by atoms with Crippen molar-refractivity contribution in [3.05, 3.63) is 65.8 Å². The minimum Gasteiger partial charge on any atom is -0.496 e. The molecule has 0 fully saturated rings. The molecular weight excluding hydrogens is 313 g/mol. The van der Waals surface area contributed by atoms with Crippen molar-refractivity contribution in [2.45, 2.75) is 6.54 Å². The average molecular weight is 327 g/mol. The van der Waals surface area contributed by atoms with Crippen LogP contribution in [0.3, 0.4) is 0 Å². The number of halogens is 1. The van der Waals surface area contributed by atoms with Crippen molar-refractivity contribution in [3.63, 3.8) is 0 Å². The van der Waals surface area contributed by atoms with Gasteiger partial charge in [0, 0.05) is 12.1 Å². The van der Waals surface area contributed by atoms with Crippen molar-refractivity contribution < 1.29 is 18.3 Å². The summed E-state index contributed by atoms with van der Waals surface area (Å²) in [5.74, 6) is -0.660. The third-order valence-electron chi connectivity index (χ3n) is 3.36. The smallest absolute Gasteiger partial charge is 0.309 e. The maximum atomic E-state index is 13.7. The van der Waals surface area contributed by atoms with Crippen LogP contribution in [-0.2, 0) is 6.54 Å². The molecule has 1 amide bonds. The Morgan fingerprint density at radius 1 is 1.17 bits per heavy atom. The molecule has 0 aliphatic carbocycles. The fourth-order valence-electron chi connectivity index (χ4n) is 2.16. The van der Waals surface area contributed by atoms with E-state index in [-0.39, 0.29) is 23.9 Å². The highest BCUT2D eigenvalue weighted by Crippen LogP contribution is 2.21. The molecule has 0 spiro atoms. The molecule has 6 nitrogen and oxygen atoms in total. The minimum atomic E-state index is -0.545. The summed E-state index contributed by atoms with van der Waals surface area (Å²) in [7, 11) is 1.55. The second-order valence-corrected chi connectivity index (χ2v) is 4.89. The Bertz CT molecular complexity index is 864. The predicted molar refractivity (Wildman–Crippen MR) is 83.9 cm³/mol. The Balaban J connectivity index is 1.71. The van der Waals surface area contributed by atoms with E-state index in [0.717, 1.165) is 5.56 Å². The Labute approximate surface area is 137 Å². The number of amides is 1. The van der Waals surface area contributed by atoms with Crippen LogP contribution in [0.15, 0.2) is 52.9 Å². The first-order chi connectivity index (χ1) is 11.7. The van der Waals surface area contributed by atoms with E-state index in [1.54, 1.807) is 25.3 Å². The van der Waals surface area contributed by atoms with E-state index in [2.05, 4.69) is 15.5 Å². The van der Waals surface area contributed by atoms with Gasteiger partial charge in [0.25, 0.3) is 5.89 Å². The molecule has 1 aromatic heterocycles. The van der Waals surface area contributed by atoms with Crippen molar-refractivity contribution in [2.24, 2.45) is 0 Å². The van der Waals surface area contributed by atoms with Crippen LogP contribution < -0.4 is 10.1 Å². The lowest BCUT2D eigenvalue weighted by atomic mass is 10.2. The van der Waals surface area contributed by atoms with Gasteiger partial charge in [-0.1, -0.05) is 30.3 Å². The number of ether oxygens (including phenoxy) is 1. The number of nitrogens with one attached hydrogen (secondary N) is 1. The molecule has 3 rings (SSSR count). The molecule has 0 aliphatic rings. The number of hydrogen-bond donors (Lipinski definition) is 1. The molecular formula is C17H14FN3O3. The van der Waals surface area contributed by atoms with Crippen LogP contribution in [0.4, 0.5) is 4.39 Å². The third kappa shape index (κ3) is 3.24. The molecule has 7 heteroatoms. The highest BCUT2D eigenvalue weighted by Gasteiger charge is 2.17. The molecule has 0 bridgehead atoms.